The highest BCUT2D eigenvalue weighted by molar-refractivity contribution is 5.93. The normalized spacial score (nSPS) is 22.1. The number of carbonyl (C=O) groups is 1. The van der Waals surface area contributed by atoms with Crippen molar-refractivity contribution < 1.29 is 9.53 Å². The Hall–Kier alpha value is -1.55. The molecule has 1 aromatic carbocycles. The van der Waals surface area contributed by atoms with Gasteiger partial charge in [0.05, 0.1) is 12.5 Å². The summed E-state index contributed by atoms with van der Waals surface area (Å²) < 4.78 is 5.45. The molecule has 3 rings (SSSR count). The Labute approximate surface area is 107 Å². The number of rotatable bonds is 2. The zero-order valence-corrected chi connectivity index (χ0v) is 10.4. The lowest BCUT2D eigenvalue weighted by atomic mass is 9.98. The number of hydrogen-bond donors (Lipinski definition) is 2. The molecule has 0 aliphatic carbocycles. The standard InChI is InChI=1S/C14H18N2O2/c17-14(11-2-1-6-15-9-11)16-12-3-4-13-10(8-12)5-7-18-13/h3-4,8,11,15H,1-2,5-7,9H2,(H,16,17)/t11-/m0/s1. The van der Waals surface area contributed by atoms with E-state index < -0.39 is 0 Å². The van der Waals surface area contributed by atoms with E-state index in [-0.39, 0.29) is 11.8 Å². The first-order chi connectivity index (χ1) is 8.83. The van der Waals surface area contributed by atoms with E-state index in [4.69, 9.17) is 4.74 Å². The van der Waals surface area contributed by atoms with Crippen molar-refractivity contribution in [1.29, 1.82) is 0 Å². The molecule has 0 saturated carbocycles. The van der Waals surface area contributed by atoms with E-state index in [2.05, 4.69) is 10.6 Å². The third-order valence-corrected chi connectivity index (χ3v) is 3.62. The van der Waals surface area contributed by atoms with Crippen LogP contribution in [0.3, 0.4) is 0 Å². The Bertz CT molecular complexity index is 453. The van der Waals surface area contributed by atoms with Crippen LogP contribution < -0.4 is 15.4 Å². The minimum atomic E-state index is 0.100. The van der Waals surface area contributed by atoms with Crippen molar-refractivity contribution in [2.75, 3.05) is 25.0 Å². The number of piperidine rings is 1. The van der Waals surface area contributed by atoms with Gasteiger partial charge in [0.2, 0.25) is 5.91 Å². The summed E-state index contributed by atoms with van der Waals surface area (Å²) >= 11 is 0. The fraction of sp³-hybridized carbons (Fsp3) is 0.500. The van der Waals surface area contributed by atoms with Crippen LogP contribution in [-0.4, -0.2) is 25.6 Å². The van der Waals surface area contributed by atoms with E-state index >= 15 is 0 Å². The minimum Gasteiger partial charge on any atom is -0.493 e. The van der Waals surface area contributed by atoms with Crippen LogP contribution in [0.25, 0.3) is 0 Å². The molecule has 1 fully saturated rings. The number of carbonyl (C=O) groups excluding carboxylic acids is 1. The Morgan fingerprint density at radius 1 is 1.44 bits per heavy atom. The number of ether oxygens (including phenoxy) is 1. The highest BCUT2D eigenvalue weighted by Gasteiger charge is 2.21. The summed E-state index contributed by atoms with van der Waals surface area (Å²) in [6, 6.07) is 5.88. The van der Waals surface area contributed by atoms with Crippen LogP contribution >= 0.6 is 0 Å². The smallest absolute Gasteiger partial charge is 0.228 e. The summed E-state index contributed by atoms with van der Waals surface area (Å²) in [6.07, 6.45) is 2.99. The van der Waals surface area contributed by atoms with Crippen molar-refractivity contribution in [1.82, 2.24) is 5.32 Å². The molecule has 0 spiro atoms. The van der Waals surface area contributed by atoms with Crippen molar-refractivity contribution in [2.24, 2.45) is 5.92 Å². The van der Waals surface area contributed by atoms with Gasteiger partial charge in [-0.3, -0.25) is 4.79 Å². The molecule has 2 aliphatic rings. The third-order valence-electron chi connectivity index (χ3n) is 3.62. The fourth-order valence-corrected chi connectivity index (χ4v) is 2.58. The summed E-state index contributed by atoms with van der Waals surface area (Å²) in [6.45, 7) is 2.57. The van der Waals surface area contributed by atoms with Gasteiger partial charge in [-0.15, -0.1) is 0 Å². The van der Waals surface area contributed by atoms with Crippen LogP contribution in [-0.2, 0) is 11.2 Å². The molecule has 1 saturated heterocycles. The molecule has 0 unspecified atom stereocenters. The van der Waals surface area contributed by atoms with Gasteiger partial charge in [-0.05, 0) is 43.1 Å². The van der Waals surface area contributed by atoms with Gasteiger partial charge in [0.25, 0.3) is 0 Å². The van der Waals surface area contributed by atoms with E-state index in [9.17, 15) is 4.79 Å². The van der Waals surface area contributed by atoms with Crippen molar-refractivity contribution in [3.63, 3.8) is 0 Å². The van der Waals surface area contributed by atoms with Crippen LogP contribution in [0.15, 0.2) is 18.2 Å². The first-order valence-corrected chi connectivity index (χ1v) is 6.60. The third kappa shape index (κ3) is 2.34. The van der Waals surface area contributed by atoms with Gasteiger partial charge >= 0.3 is 0 Å². The van der Waals surface area contributed by atoms with Gasteiger partial charge < -0.3 is 15.4 Å². The second kappa shape index (κ2) is 4.98. The zero-order chi connectivity index (χ0) is 12.4. The molecule has 0 radical (unpaired) electrons. The molecule has 18 heavy (non-hydrogen) atoms. The quantitative estimate of drug-likeness (QED) is 0.832. The number of amides is 1. The highest BCUT2D eigenvalue weighted by atomic mass is 16.5. The van der Waals surface area contributed by atoms with Crippen LogP contribution in [0, 0.1) is 5.92 Å². The number of benzene rings is 1. The fourth-order valence-electron chi connectivity index (χ4n) is 2.58. The van der Waals surface area contributed by atoms with Crippen LogP contribution in [0.5, 0.6) is 5.75 Å². The molecular formula is C14H18N2O2. The molecule has 0 aromatic heterocycles. The van der Waals surface area contributed by atoms with E-state index in [0.29, 0.717) is 0 Å². The predicted octanol–water partition coefficient (Wildman–Crippen LogP) is 1.56. The van der Waals surface area contributed by atoms with Gasteiger partial charge in [0, 0.05) is 18.7 Å². The van der Waals surface area contributed by atoms with Gasteiger partial charge in [-0.25, -0.2) is 0 Å². The molecule has 0 bridgehead atoms. The monoisotopic (exact) mass is 246 g/mol. The van der Waals surface area contributed by atoms with Crippen molar-refractivity contribution in [3.05, 3.63) is 23.8 Å². The second-order valence-electron chi connectivity index (χ2n) is 4.95. The zero-order valence-electron chi connectivity index (χ0n) is 10.4. The van der Waals surface area contributed by atoms with E-state index in [1.54, 1.807) is 0 Å². The van der Waals surface area contributed by atoms with Crippen LogP contribution in [0.1, 0.15) is 18.4 Å². The number of nitrogens with one attached hydrogen (secondary N) is 2. The SMILES string of the molecule is O=C(Nc1ccc2c(c1)CCO2)[C@H]1CCCNC1. The highest BCUT2D eigenvalue weighted by Crippen LogP contribution is 2.28. The predicted molar refractivity (Wildman–Crippen MR) is 69.9 cm³/mol. The first-order valence-electron chi connectivity index (χ1n) is 6.60. The van der Waals surface area contributed by atoms with E-state index in [1.165, 1.54) is 5.56 Å². The van der Waals surface area contributed by atoms with Crippen molar-refractivity contribution in [2.45, 2.75) is 19.3 Å². The van der Waals surface area contributed by atoms with Gasteiger partial charge in [0.15, 0.2) is 0 Å². The molecule has 2 N–H and O–H groups in total. The van der Waals surface area contributed by atoms with Crippen LogP contribution in [0.4, 0.5) is 5.69 Å². The summed E-state index contributed by atoms with van der Waals surface area (Å²) in [5.41, 5.74) is 2.07. The van der Waals surface area contributed by atoms with Crippen molar-refractivity contribution >= 4 is 11.6 Å². The van der Waals surface area contributed by atoms with Crippen LogP contribution in [0.2, 0.25) is 0 Å². The molecule has 96 valence electrons. The average molecular weight is 246 g/mol. The molecular weight excluding hydrogens is 228 g/mol. The lowest BCUT2D eigenvalue weighted by Crippen LogP contribution is -2.37. The maximum absolute atomic E-state index is 12.1. The Balaban J connectivity index is 1.66. The molecule has 1 amide bonds. The summed E-state index contributed by atoms with van der Waals surface area (Å²) in [5.74, 6) is 1.18. The largest absolute Gasteiger partial charge is 0.493 e. The number of fused-ring (bicyclic) bond motifs is 1. The minimum absolute atomic E-state index is 0.100. The Morgan fingerprint density at radius 2 is 2.39 bits per heavy atom. The first kappa shape index (κ1) is 11.5. The number of anilines is 1. The van der Waals surface area contributed by atoms with E-state index in [1.807, 2.05) is 18.2 Å². The summed E-state index contributed by atoms with van der Waals surface area (Å²) in [7, 11) is 0. The van der Waals surface area contributed by atoms with Gasteiger partial charge in [-0.1, -0.05) is 0 Å². The maximum Gasteiger partial charge on any atom is 0.228 e. The molecule has 1 aromatic rings. The van der Waals surface area contributed by atoms with Gasteiger partial charge in [-0.2, -0.15) is 0 Å². The summed E-state index contributed by atoms with van der Waals surface area (Å²) in [5, 5.41) is 6.27. The van der Waals surface area contributed by atoms with E-state index in [0.717, 1.165) is 50.4 Å². The Morgan fingerprint density at radius 3 is 3.22 bits per heavy atom. The maximum atomic E-state index is 12.1. The average Bonchev–Trinajstić information content (AvgIpc) is 2.87. The van der Waals surface area contributed by atoms with Gasteiger partial charge in [0.1, 0.15) is 5.75 Å². The van der Waals surface area contributed by atoms with Crippen molar-refractivity contribution in [3.8, 4) is 5.75 Å². The molecule has 1 atom stereocenters. The molecule has 4 heteroatoms. The Kier molecular flexibility index (Phi) is 3.19. The molecule has 4 nitrogen and oxygen atoms in total. The lowest BCUT2D eigenvalue weighted by Gasteiger charge is -2.22. The second-order valence-corrected chi connectivity index (χ2v) is 4.95. The lowest BCUT2D eigenvalue weighted by molar-refractivity contribution is -0.120. The number of hydrogen-bond acceptors (Lipinski definition) is 3. The molecule has 2 aliphatic heterocycles. The summed E-state index contributed by atoms with van der Waals surface area (Å²) in [4.78, 5) is 12.1. The topological polar surface area (TPSA) is 50.4 Å². The molecule has 2 heterocycles.